The summed E-state index contributed by atoms with van der Waals surface area (Å²) in [4.78, 5) is 19.0. The molecule has 3 heterocycles. The number of piperidine rings is 1. The van der Waals surface area contributed by atoms with Gasteiger partial charge in [0.2, 0.25) is 5.91 Å². The molecule has 1 aromatic heterocycles. The number of ether oxygens (including phenoxy) is 1. The van der Waals surface area contributed by atoms with E-state index in [0.717, 1.165) is 47.3 Å². The summed E-state index contributed by atoms with van der Waals surface area (Å²) in [6, 6.07) is 8.07. The summed E-state index contributed by atoms with van der Waals surface area (Å²) in [7, 11) is 0. The number of pyridine rings is 1. The Labute approximate surface area is 192 Å². The van der Waals surface area contributed by atoms with E-state index in [4.69, 9.17) is 21.6 Å². The molecule has 0 unspecified atom stereocenters. The lowest BCUT2D eigenvalue weighted by atomic mass is 9.85. The molecule has 1 amide bonds. The Kier molecular flexibility index (Phi) is 5.58. The zero-order valence-electron chi connectivity index (χ0n) is 18.1. The number of fused-ring (bicyclic) bond motifs is 1. The van der Waals surface area contributed by atoms with E-state index in [2.05, 4.69) is 34.3 Å². The average molecular weight is 455 g/mol. The number of halogens is 1. The van der Waals surface area contributed by atoms with Gasteiger partial charge < -0.3 is 15.2 Å². The van der Waals surface area contributed by atoms with Gasteiger partial charge in [-0.2, -0.15) is 5.26 Å². The van der Waals surface area contributed by atoms with Crippen LogP contribution < -0.4 is 5.32 Å². The predicted octanol–water partition coefficient (Wildman–Crippen LogP) is 3.32. The molecule has 0 radical (unpaired) electrons. The van der Waals surface area contributed by atoms with Crippen molar-refractivity contribution in [1.29, 1.82) is 5.26 Å². The number of aliphatic hydroxyl groups excluding tert-OH is 1. The molecule has 0 bridgehead atoms. The van der Waals surface area contributed by atoms with Gasteiger partial charge in [0.25, 0.3) is 0 Å². The smallest absolute Gasteiger partial charge is 0.230 e. The first-order valence-electron chi connectivity index (χ1n) is 11.2. The van der Waals surface area contributed by atoms with Gasteiger partial charge in [-0.3, -0.25) is 9.69 Å². The van der Waals surface area contributed by atoms with E-state index in [9.17, 15) is 9.90 Å². The van der Waals surface area contributed by atoms with E-state index in [1.54, 1.807) is 6.20 Å². The van der Waals surface area contributed by atoms with Gasteiger partial charge >= 0.3 is 0 Å². The number of amides is 1. The predicted molar refractivity (Wildman–Crippen MR) is 121 cm³/mol. The Bertz CT molecular complexity index is 1090. The molecular formula is C24H27ClN4O3. The van der Waals surface area contributed by atoms with Crippen LogP contribution in [0.15, 0.2) is 24.4 Å². The number of nitrogens with zero attached hydrogens (tertiary/aromatic N) is 3. The fourth-order valence-electron chi connectivity index (χ4n) is 5.07. The SMILES string of the molecule is C[C@@]1(N2CCC(c3cc4cc(NC(=O)[C@@H]5C[C@H]5C#N)ncc4cc3Cl)CC2)COC[C@@H]1O. The third-order valence-electron chi connectivity index (χ3n) is 7.43. The number of carbonyl (C=O) groups excluding carboxylic acids is 1. The molecule has 7 nitrogen and oxygen atoms in total. The maximum atomic E-state index is 12.3. The van der Waals surface area contributed by atoms with Crippen LogP contribution in [0.5, 0.6) is 0 Å². The maximum absolute atomic E-state index is 12.3. The Morgan fingerprint density at radius 2 is 2.12 bits per heavy atom. The Hall–Kier alpha value is -2.24. The summed E-state index contributed by atoms with van der Waals surface area (Å²) in [6.45, 7) is 4.81. The molecule has 8 heteroatoms. The lowest BCUT2D eigenvalue weighted by molar-refractivity contribution is -0.117. The van der Waals surface area contributed by atoms with E-state index in [1.807, 2.05) is 12.1 Å². The molecule has 5 rings (SSSR count). The summed E-state index contributed by atoms with van der Waals surface area (Å²) >= 11 is 6.65. The second-order valence-electron chi connectivity index (χ2n) is 9.51. The fraction of sp³-hybridized carbons (Fsp3) is 0.542. The second-order valence-corrected chi connectivity index (χ2v) is 9.91. The third-order valence-corrected chi connectivity index (χ3v) is 7.75. The molecule has 4 atom stereocenters. The molecule has 32 heavy (non-hydrogen) atoms. The van der Waals surface area contributed by atoms with Crippen LogP contribution in [-0.2, 0) is 9.53 Å². The molecule has 1 aliphatic carbocycles. The van der Waals surface area contributed by atoms with Crippen molar-refractivity contribution in [2.24, 2.45) is 11.8 Å². The van der Waals surface area contributed by atoms with Gasteiger partial charge in [-0.25, -0.2) is 4.98 Å². The van der Waals surface area contributed by atoms with E-state index < -0.39 is 6.10 Å². The van der Waals surface area contributed by atoms with E-state index in [1.165, 1.54) is 0 Å². The molecule has 168 valence electrons. The summed E-state index contributed by atoms with van der Waals surface area (Å²) in [6.07, 6.45) is 3.80. The Balaban J connectivity index is 1.31. The number of nitrogens with one attached hydrogen (secondary N) is 1. The van der Waals surface area contributed by atoms with Gasteiger partial charge in [0.1, 0.15) is 5.82 Å². The molecule has 1 saturated carbocycles. The number of carbonyl (C=O) groups is 1. The van der Waals surface area contributed by atoms with Gasteiger partial charge in [0, 0.05) is 16.6 Å². The molecule has 0 spiro atoms. The highest BCUT2D eigenvalue weighted by atomic mass is 35.5. The lowest BCUT2D eigenvalue weighted by Crippen LogP contribution is -2.56. The quantitative estimate of drug-likeness (QED) is 0.735. The normalized spacial score (nSPS) is 30.9. The molecular weight excluding hydrogens is 428 g/mol. The van der Waals surface area contributed by atoms with Crippen molar-refractivity contribution in [3.63, 3.8) is 0 Å². The van der Waals surface area contributed by atoms with Crippen molar-refractivity contribution in [3.05, 3.63) is 35.0 Å². The van der Waals surface area contributed by atoms with Gasteiger partial charge in [-0.05, 0) is 74.3 Å². The van der Waals surface area contributed by atoms with Crippen LogP contribution in [0.1, 0.15) is 37.7 Å². The number of hydrogen-bond donors (Lipinski definition) is 2. The standard InChI is InChI=1S/C24H27ClN4O3/c1-24(13-32-12-21(24)30)29-4-2-14(3-5-29)18-6-15-9-22(27-11-17(15)8-20(18)25)28-23(31)19-7-16(19)10-26/h6,8-9,11,14,16,19,21,30H,2-5,7,12-13H2,1H3,(H,27,28,31)/t16-,19+,21-,24+/m0/s1. The van der Waals surface area contributed by atoms with Crippen LogP contribution in [0.25, 0.3) is 10.8 Å². The average Bonchev–Trinajstić information content (AvgIpc) is 3.51. The summed E-state index contributed by atoms with van der Waals surface area (Å²) in [5.41, 5.74) is 0.797. The highest BCUT2D eigenvalue weighted by Crippen LogP contribution is 2.40. The van der Waals surface area contributed by atoms with Crippen LogP contribution in [0.2, 0.25) is 5.02 Å². The summed E-state index contributed by atoms with van der Waals surface area (Å²) in [5, 5.41) is 24.8. The number of aliphatic hydroxyl groups is 1. The number of aromatic nitrogens is 1. The number of anilines is 1. The van der Waals surface area contributed by atoms with Crippen molar-refractivity contribution in [3.8, 4) is 6.07 Å². The van der Waals surface area contributed by atoms with E-state index >= 15 is 0 Å². The molecule has 3 fully saturated rings. The molecule has 2 N–H and O–H groups in total. The van der Waals surface area contributed by atoms with Crippen LogP contribution in [-0.4, -0.2) is 58.8 Å². The molecule has 2 saturated heterocycles. The first-order valence-corrected chi connectivity index (χ1v) is 11.6. The summed E-state index contributed by atoms with van der Waals surface area (Å²) in [5.74, 6) is 0.286. The first kappa shape index (κ1) is 21.6. The number of nitriles is 1. The highest BCUT2D eigenvalue weighted by Gasteiger charge is 2.45. The number of rotatable bonds is 4. The largest absolute Gasteiger partial charge is 0.389 e. The van der Waals surface area contributed by atoms with Gasteiger partial charge in [-0.15, -0.1) is 0 Å². The topological polar surface area (TPSA) is 98.5 Å². The van der Waals surface area contributed by atoms with E-state index in [0.29, 0.717) is 31.4 Å². The number of hydrogen-bond acceptors (Lipinski definition) is 6. The first-order chi connectivity index (χ1) is 15.4. The van der Waals surface area contributed by atoms with Crippen molar-refractivity contribution < 1.29 is 14.6 Å². The molecule has 2 aromatic rings. The Morgan fingerprint density at radius 1 is 1.34 bits per heavy atom. The van der Waals surface area contributed by atoms with Crippen molar-refractivity contribution in [2.45, 2.75) is 43.7 Å². The fourth-order valence-corrected chi connectivity index (χ4v) is 5.39. The zero-order chi connectivity index (χ0) is 22.5. The van der Waals surface area contributed by atoms with Gasteiger partial charge in [0.05, 0.1) is 42.8 Å². The maximum Gasteiger partial charge on any atom is 0.230 e. The highest BCUT2D eigenvalue weighted by molar-refractivity contribution is 6.32. The van der Waals surface area contributed by atoms with Crippen LogP contribution >= 0.6 is 11.6 Å². The van der Waals surface area contributed by atoms with Crippen LogP contribution in [0.3, 0.4) is 0 Å². The molecule has 2 aliphatic heterocycles. The van der Waals surface area contributed by atoms with Crippen molar-refractivity contribution in [1.82, 2.24) is 9.88 Å². The van der Waals surface area contributed by atoms with Gasteiger partial charge in [-0.1, -0.05) is 11.6 Å². The minimum absolute atomic E-state index is 0.142. The van der Waals surface area contributed by atoms with E-state index in [-0.39, 0.29) is 23.3 Å². The number of likely N-dealkylation sites (tertiary alicyclic amines) is 1. The lowest BCUT2D eigenvalue weighted by Gasteiger charge is -2.43. The minimum atomic E-state index is -0.455. The van der Waals surface area contributed by atoms with Crippen molar-refractivity contribution in [2.75, 3.05) is 31.6 Å². The number of benzene rings is 1. The second kappa shape index (κ2) is 8.27. The zero-order valence-corrected chi connectivity index (χ0v) is 18.8. The van der Waals surface area contributed by atoms with Crippen molar-refractivity contribution >= 4 is 34.1 Å². The van der Waals surface area contributed by atoms with Gasteiger partial charge in [0.15, 0.2) is 0 Å². The molecule has 3 aliphatic rings. The minimum Gasteiger partial charge on any atom is -0.389 e. The Morgan fingerprint density at radius 3 is 2.78 bits per heavy atom. The van der Waals surface area contributed by atoms with Crippen LogP contribution in [0, 0.1) is 23.2 Å². The molecule has 1 aromatic carbocycles. The monoisotopic (exact) mass is 454 g/mol. The summed E-state index contributed by atoms with van der Waals surface area (Å²) < 4.78 is 5.51. The third kappa shape index (κ3) is 3.86. The van der Waals surface area contributed by atoms with Crippen LogP contribution in [0.4, 0.5) is 5.82 Å².